The molecule has 1 atom stereocenters. The van der Waals surface area contributed by atoms with Crippen LogP contribution in [-0.4, -0.2) is 44.2 Å². The number of pyridine rings is 1. The van der Waals surface area contributed by atoms with Crippen molar-refractivity contribution < 1.29 is 9.53 Å². The molecule has 6 nitrogen and oxygen atoms in total. The standard InChI is InChI=1S/C21H28N4O2/c1-27-20-6-5-17(13-18(20)12-16-7-11-23-14-16)21(26)25-10-3-9-24-19-4-2-8-22-15-19/h2,4-6,8,13,15-16,23-24H,3,7,9-12,14H2,1H3,(H,25,26). The molecule has 0 bridgehead atoms. The minimum Gasteiger partial charge on any atom is -0.496 e. The lowest BCUT2D eigenvalue weighted by Gasteiger charge is -2.14. The topological polar surface area (TPSA) is 75.3 Å². The number of carbonyl (C=O) groups is 1. The third-order valence-corrected chi connectivity index (χ3v) is 4.84. The van der Waals surface area contributed by atoms with E-state index in [1.54, 1.807) is 19.5 Å². The first kappa shape index (κ1) is 19.2. The van der Waals surface area contributed by atoms with E-state index in [1.165, 1.54) is 6.42 Å². The van der Waals surface area contributed by atoms with Gasteiger partial charge in [-0.1, -0.05) is 0 Å². The number of benzene rings is 1. The van der Waals surface area contributed by atoms with Crippen LogP contribution in [0, 0.1) is 5.92 Å². The summed E-state index contributed by atoms with van der Waals surface area (Å²) in [7, 11) is 1.68. The highest BCUT2D eigenvalue weighted by Crippen LogP contribution is 2.25. The second kappa shape index (κ2) is 9.92. The van der Waals surface area contributed by atoms with Gasteiger partial charge in [-0.15, -0.1) is 0 Å². The predicted molar refractivity (Wildman–Crippen MR) is 107 cm³/mol. The molecule has 1 aliphatic heterocycles. The number of methoxy groups -OCH3 is 1. The molecule has 0 saturated carbocycles. The number of amides is 1. The van der Waals surface area contributed by atoms with Crippen molar-refractivity contribution in [3.63, 3.8) is 0 Å². The summed E-state index contributed by atoms with van der Waals surface area (Å²) in [6.45, 7) is 3.51. The molecule has 1 saturated heterocycles. The molecule has 1 fully saturated rings. The molecule has 6 heteroatoms. The first-order chi connectivity index (χ1) is 13.3. The van der Waals surface area contributed by atoms with Gasteiger partial charge in [0.05, 0.1) is 12.8 Å². The zero-order valence-corrected chi connectivity index (χ0v) is 15.8. The maximum absolute atomic E-state index is 12.5. The molecule has 144 valence electrons. The van der Waals surface area contributed by atoms with Gasteiger partial charge in [-0.25, -0.2) is 0 Å². The highest BCUT2D eigenvalue weighted by Gasteiger charge is 2.18. The third kappa shape index (κ3) is 5.69. The van der Waals surface area contributed by atoms with Crippen LogP contribution in [-0.2, 0) is 6.42 Å². The second-order valence-corrected chi connectivity index (χ2v) is 6.87. The minimum atomic E-state index is -0.0372. The van der Waals surface area contributed by atoms with Crippen molar-refractivity contribution in [3.05, 3.63) is 53.9 Å². The van der Waals surface area contributed by atoms with Gasteiger partial charge in [0.1, 0.15) is 5.75 Å². The van der Waals surface area contributed by atoms with Crippen LogP contribution in [0.5, 0.6) is 5.75 Å². The number of rotatable bonds is 9. The van der Waals surface area contributed by atoms with Crippen LogP contribution in [0.3, 0.4) is 0 Å². The van der Waals surface area contributed by atoms with Crippen LogP contribution >= 0.6 is 0 Å². The Bertz CT molecular complexity index is 730. The van der Waals surface area contributed by atoms with Crippen LogP contribution in [0.15, 0.2) is 42.7 Å². The Labute approximate surface area is 160 Å². The summed E-state index contributed by atoms with van der Waals surface area (Å²) in [4.78, 5) is 16.5. The molecule has 1 amide bonds. The molecule has 2 heterocycles. The van der Waals surface area contributed by atoms with Crippen molar-refractivity contribution in [2.75, 3.05) is 38.6 Å². The van der Waals surface area contributed by atoms with Crippen LogP contribution in [0.1, 0.15) is 28.8 Å². The number of hydrogen-bond donors (Lipinski definition) is 3. The molecule has 3 rings (SSSR count). The molecule has 0 spiro atoms. The van der Waals surface area contributed by atoms with E-state index >= 15 is 0 Å². The van der Waals surface area contributed by atoms with E-state index in [2.05, 4.69) is 20.9 Å². The Kier molecular flexibility index (Phi) is 7.04. The number of ether oxygens (including phenoxy) is 1. The highest BCUT2D eigenvalue weighted by atomic mass is 16.5. The molecule has 3 N–H and O–H groups in total. The lowest BCUT2D eigenvalue weighted by atomic mass is 9.96. The Balaban J connectivity index is 1.48. The number of hydrogen-bond acceptors (Lipinski definition) is 5. The van der Waals surface area contributed by atoms with Crippen molar-refractivity contribution in [1.29, 1.82) is 0 Å². The van der Waals surface area contributed by atoms with Gasteiger partial charge >= 0.3 is 0 Å². The van der Waals surface area contributed by atoms with Crippen LogP contribution < -0.4 is 20.7 Å². The van der Waals surface area contributed by atoms with E-state index in [0.717, 1.165) is 49.5 Å². The normalized spacial score (nSPS) is 16.1. The lowest BCUT2D eigenvalue weighted by Crippen LogP contribution is -2.26. The largest absolute Gasteiger partial charge is 0.496 e. The molecular weight excluding hydrogens is 340 g/mol. The Morgan fingerprint density at radius 2 is 2.26 bits per heavy atom. The lowest BCUT2D eigenvalue weighted by molar-refractivity contribution is 0.0953. The summed E-state index contributed by atoms with van der Waals surface area (Å²) in [6.07, 6.45) is 6.49. The predicted octanol–water partition coefficient (Wildman–Crippen LogP) is 2.47. The number of nitrogens with one attached hydrogen (secondary N) is 3. The van der Waals surface area contributed by atoms with Crippen molar-refractivity contribution >= 4 is 11.6 Å². The van der Waals surface area contributed by atoms with Crippen LogP contribution in [0.25, 0.3) is 0 Å². The average molecular weight is 368 g/mol. The van der Waals surface area contributed by atoms with Gasteiger partial charge < -0.3 is 20.7 Å². The molecule has 27 heavy (non-hydrogen) atoms. The second-order valence-electron chi connectivity index (χ2n) is 6.87. The van der Waals surface area contributed by atoms with Gasteiger partial charge in [0.2, 0.25) is 0 Å². The van der Waals surface area contributed by atoms with Gasteiger partial charge in [-0.3, -0.25) is 9.78 Å². The summed E-state index contributed by atoms with van der Waals surface area (Å²) in [5.41, 5.74) is 2.79. The third-order valence-electron chi connectivity index (χ3n) is 4.84. The summed E-state index contributed by atoms with van der Waals surface area (Å²) in [5, 5.41) is 9.67. The monoisotopic (exact) mass is 368 g/mol. The molecule has 0 radical (unpaired) electrons. The van der Waals surface area contributed by atoms with Gasteiger partial charge in [-0.2, -0.15) is 0 Å². The Morgan fingerprint density at radius 1 is 1.33 bits per heavy atom. The van der Waals surface area contributed by atoms with E-state index in [4.69, 9.17) is 4.74 Å². The van der Waals surface area contributed by atoms with Crippen molar-refractivity contribution in [3.8, 4) is 5.75 Å². The summed E-state index contributed by atoms with van der Waals surface area (Å²) in [5.74, 6) is 1.43. The maximum Gasteiger partial charge on any atom is 0.251 e. The SMILES string of the molecule is COc1ccc(C(=O)NCCCNc2cccnc2)cc1CC1CCNC1. The first-order valence-electron chi connectivity index (χ1n) is 9.56. The summed E-state index contributed by atoms with van der Waals surface area (Å²) in [6, 6.07) is 9.58. The molecule has 2 aromatic rings. The van der Waals surface area contributed by atoms with Gasteiger partial charge in [0.25, 0.3) is 5.91 Å². The van der Waals surface area contributed by atoms with Gasteiger partial charge in [0, 0.05) is 31.0 Å². The number of aromatic nitrogens is 1. The first-order valence-corrected chi connectivity index (χ1v) is 9.56. The molecule has 0 aliphatic carbocycles. The summed E-state index contributed by atoms with van der Waals surface area (Å²) < 4.78 is 5.48. The van der Waals surface area contributed by atoms with Crippen molar-refractivity contribution in [2.24, 2.45) is 5.92 Å². The molecular formula is C21H28N4O2. The van der Waals surface area contributed by atoms with E-state index in [1.807, 2.05) is 30.3 Å². The fourth-order valence-electron chi connectivity index (χ4n) is 3.37. The van der Waals surface area contributed by atoms with Gasteiger partial charge in [0.15, 0.2) is 0 Å². The Morgan fingerprint density at radius 3 is 3.00 bits per heavy atom. The fourth-order valence-corrected chi connectivity index (χ4v) is 3.37. The van der Waals surface area contributed by atoms with E-state index < -0.39 is 0 Å². The number of anilines is 1. The van der Waals surface area contributed by atoms with Crippen LogP contribution in [0.2, 0.25) is 0 Å². The zero-order chi connectivity index (χ0) is 18.9. The molecule has 1 unspecified atom stereocenters. The van der Waals surface area contributed by atoms with Gasteiger partial charge in [-0.05, 0) is 74.2 Å². The maximum atomic E-state index is 12.5. The van der Waals surface area contributed by atoms with Crippen molar-refractivity contribution in [1.82, 2.24) is 15.6 Å². The Hall–Kier alpha value is -2.60. The van der Waals surface area contributed by atoms with E-state index in [9.17, 15) is 4.79 Å². The van der Waals surface area contributed by atoms with Crippen molar-refractivity contribution in [2.45, 2.75) is 19.3 Å². The number of nitrogens with zero attached hydrogens (tertiary/aromatic N) is 1. The minimum absolute atomic E-state index is 0.0372. The molecule has 1 aliphatic rings. The molecule has 1 aromatic heterocycles. The average Bonchev–Trinajstić information content (AvgIpc) is 3.21. The van der Waals surface area contributed by atoms with E-state index in [-0.39, 0.29) is 5.91 Å². The summed E-state index contributed by atoms with van der Waals surface area (Å²) >= 11 is 0. The van der Waals surface area contributed by atoms with E-state index in [0.29, 0.717) is 18.0 Å². The van der Waals surface area contributed by atoms with Crippen LogP contribution in [0.4, 0.5) is 5.69 Å². The highest BCUT2D eigenvalue weighted by molar-refractivity contribution is 5.94. The quantitative estimate of drug-likeness (QED) is 0.593. The number of carbonyl (C=O) groups excluding carboxylic acids is 1. The zero-order valence-electron chi connectivity index (χ0n) is 15.8. The fraction of sp³-hybridized carbons (Fsp3) is 0.429. The molecule has 1 aromatic carbocycles. The smallest absolute Gasteiger partial charge is 0.251 e.